The number of aliphatic hydroxyl groups is 1. The second-order valence-corrected chi connectivity index (χ2v) is 6.64. The first-order chi connectivity index (χ1) is 10.7. The van der Waals surface area contributed by atoms with E-state index in [0.29, 0.717) is 6.42 Å². The molecule has 3 nitrogen and oxygen atoms in total. The van der Waals surface area contributed by atoms with Crippen molar-refractivity contribution in [2.45, 2.75) is 110 Å². The normalized spacial score (nSPS) is 12.3. The highest BCUT2D eigenvalue weighted by Crippen LogP contribution is 2.12. The number of hydrogen-bond acceptors (Lipinski definition) is 2. The molecule has 0 aliphatic heterocycles. The Balaban J connectivity index is 3.12. The highest BCUT2D eigenvalue weighted by molar-refractivity contribution is 5.76. The molecule has 0 spiro atoms. The lowest BCUT2D eigenvalue weighted by molar-refractivity contribution is -0.122. The Labute approximate surface area is 138 Å². The van der Waals surface area contributed by atoms with Crippen molar-refractivity contribution >= 4 is 5.91 Å². The molecule has 0 radical (unpaired) electrons. The molecule has 0 heterocycles. The fourth-order valence-corrected chi connectivity index (χ4v) is 2.70. The van der Waals surface area contributed by atoms with Gasteiger partial charge >= 0.3 is 0 Å². The lowest BCUT2D eigenvalue weighted by atomic mass is 10.0. The Morgan fingerprint density at radius 2 is 1.23 bits per heavy atom. The SMILES string of the molecule is CCCCCCCCCCCCCCCC(=O)N[C@@H](C)CO. The van der Waals surface area contributed by atoms with Gasteiger partial charge in [0, 0.05) is 12.5 Å². The van der Waals surface area contributed by atoms with E-state index in [4.69, 9.17) is 5.11 Å². The Morgan fingerprint density at radius 1 is 0.818 bits per heavy atom. The number of amides is 1. The molecule has 0 aliphatic carbocycles. The smallest absolute Gasteiger partial charge is 0.220 e. The Hall–Kier alpha value is -0.570. The van der Waals surface area contributed by atoms with E-state index in [1.54, 1.807) is 0 Å². The molecule has 0 saturated heterocycles. The zero-order valence-electron chi connectivity index (χ0n) is 15.0. The molecule has 2 N–H and O–H groups in total. The predicted octanol–water partition coefficient (Wildman–Crippen LogP) is 4.96. The molecular formula is C19H39NO2. The maximum atomic E-state index is 11.5. The summed E-state index contributed by atoms with van der Waals surface area (Å²) in [5.41, 5.74) is 0. The molecule has 0 bridgehead atoms. The van der Waals surface area contributed by atoms with Crippen LogP contribution in [0.3, 0.4) is 0 Å². The van der Waals surface area contributed by atoms with E-state index in [1.165, 1.54) is 70.6 Å². The number of hydrogen-bond donors (Lipinski definition) is 2. The quantitative estimate of drug-likeness (QED) is 0.395. The van der Waals surface area contributed by atoms with Crippen LogP contribution in [0.4, 0.5) is 0 Å². The molecular weight excluding hydrogens is 274 g/mol. The van der Waals surface area contributed by atoms with Crippen molar-refractivity contribution in [2.24, 2.45) is 0 Å². The standard InChI is InChI=1S/C19H39NO2/c1-3-4-5-6-7-8-9-10-11-12-13-14-15-16-19(22)20-18(2)17-21/h18,21H,3-17H2,1-2H3,(H,20,22)/t18-/m0/s1. The van der Waals surface area contributed by atoms with Gasteiger partial charge in [0.2, 0.25) is 5.91 Å². The first kappa shape index (κ1) is 21.4. The molecule has 22 heavy (non-hydrogen) atoms. The molecule has 0 aromatic carbocycles. The van der Waals surface area contributed by atoms with E-state index < -0.39 is 0 Å². The maximum Gasteiger partial charge on any atom is 0.220 e. The number of rotatable bonds is 16. The van der Waals surface area contributed by atoms with E-state index in [9.17, 15) is 4.79 Å². The summed E-state index contributed by atoms with van der Waals surface area (Å²) in [5, 5.41) is 11.6. The van der Waals surface area contributed by atoms with Crippen LogP contribution in [0.1, 0.15) is 104 Å². The van der Waals surface area contributed by atoms with Crippen LogP contribution >= 0.6 is 0 Å². The molecule has 0 aromatic rings. The summed E-state index contributed by atoms with van der Waals surface area (Å²) in [5.74, 6) is 0.0737. The van der Waals surface area contributed by atoms with Gasteiger partial charge in [-0.05, 0) is 13.3 Å². The first-order valence-electron chi connectivity index (χ1n) is 9.61. The maximum absolute atomic E-state index is 11.5. The second kappa shape index (κ2) is 16.8. The molecule has 0 unspecified atom stereocenters. The lowest BCUT2D eigenvalue weighted by Gasteiger charge is -2.10. The van der Waals surface area contributed by atoms with Crippen LogP contribution in [0, 0.1) is 0 Å². The largest absolute Gasteiger partial charge is 0.394 e. The van der Waals surface area contributed by atoms with Gasteiger partial charge in [0.05, 0.1) is 6.61 Å². The van der Waals surface area contributed by atoms with Gasteiger partial charge in [-0.1, -0.05) is 84.0 Å². The topological polar surface area (TPSA) is 49.3 Å². The summed E-state index contributed by atoms with van der Waals surface area (Å²) >= 11 is 0. The van der Waals surface area contributed by atoms with E-state index in [0.717, 1.165) is 12.8 Å². The predicted molar refractivity (Wildman–Crippen MR) is 95.0 cm³/mol. The van der Waals surface area contributed by atoms with Gasteiger partial charge in [0.15, 0.2) is 0 Å². The van der Waals surface area contributed by atoms with Gasteiger partial charge in [0.25, 0.3) is 0 Å². The van der Waals surface area contributed by atoms with Crippen molar-refractivity contribution in [2.75, 3.05) is 6.61 Å². The van der Waals surface area contributed by atoms with Crippen molar-refractivity contribution in [1.29, 1.82) is 0 Å². The summed E-state index contributed by atoms with van der Waals surface area (Å²) in [6.07, 6.45) is 17.8. The summed E-state index contributed by atoms with van der Waals surface area (Å²) in [7, 11) is 0. The van der Waals surface area contributed by atoms with E-state index in [1.807, 2.05) is 6.92 Å². The Kier molecular flexibility index (Phi) is 16.4. The van der Waals surface area contributed by atoms with Crippen LogP contribution in [0.5, 0.6) is 0 Å². The van der Waals surface area contributed by atoms with Crippen LogP contribution < -0.4 is 5.32 Å². The number of carbonyl (C=O) groups excluding carboxylic acids is 1. The molecule has 1 amide bonds. The van der Waals surface area contributed by atoms with Crippen molar-refractivity contribution < 1.29 is 9.90 Å². The van der Waals surface area contributed by atoms with E-state index >= 15 is 0 Å². The van der Waals surface area contributed by atoms with E-state index in [2.05, 4.69) is 12.2 Å². The number of unbranched alkanes of at least 4 members (excludes halogenated alkanes) is 12. The summed E-state index contributed by atoms with van der Waals surface area (Å²) < 4.78 is 0. The number of carbonyl (C=O) groups is 1. The number of aliphatic hydroxyl groups excluding tert-OH is 1. The minimum atomic E-state index is -0.116. The molecule has 3 heteroatoms. The highest BCUT2D eigenvalue weighted by Gasteiger charge is 2.05. The van der Waals surface area contributed by atoms with Gasteiger partial charge in [-0.15, -0.1) is 0 Å². The van der Waals surface area contributed by atoms with Crippen LogP contribution in [0.25, 0.3) is 0 Å². The van der Waals surface area contributed by atoms with Crippen molar-refractivity contribution in [3.05, 3.63) is 0 Å². The summed E-state index contributed by atoms with van der Waals surface area (Å²) in [4.78, 5) is 11.5. The third-order valence-electron chi connectivity index (χ3n) is 4.19. The number of nitrogens with one attached hydrogen (secondary N) is 1. The van der Waals surface area contributed by atoms with Gasteiger partial charge in [-0.25, -0.2) is 0 Å². The van der Waals surface area contributed by atoms with Gasteiger partial charge in [-0.2, -0.15) is 0 Å². The van der Waals surface area contributed by atoms with Crippen molar-refractivity contribution in [3.63, 3.8) is 0 Å². The van der Waals surface area contributed by atoms with E-state index in [-0.39, 0.29) is 18.6 Å². The Bertz CT molecular complexity index is 244. The molecule has 0 aromatic heterocycles. The van der Waals surface area contributed by atoms with Gasteiger partial charge in [-0.3, -0.25) is 4.79 Å². The van der Waals surface area contributed by atoms with Gasteiger partial charge < -0.3 is 10.4 Å². The molecule has 0 rings (SSSR count). The zero-order valence-corrected chi connectivity index (χ0v) is 15.0. The van der Waals surface area contributed by atoms with Crippen LogP contribution in [0.2, 0.25) is 0 Å². The Morgan fingerprint density at radius 3 is 1.64 bits per heavy atom. The molecule has 0 saturated carbocycles. The van der Waals surface area contributed by atoms with Gasteiger partial charge in [0.1, 0.15) is 0 Å². The van der Waals surface area contributed by atoms with Crippen LogP contribution in [-0.2, 0) is 4.79 Å². The third-order valence-corrected chi connectivity index (χ3v) is 4.19. The molecule has 1 atom stereocenters. The third kappa shape index (κ3) is 15.8. The monoisotopic (exact) mass is 313 g/mol. The van der Waals surface area contributed by atoms with Crippen LogP contribution in [0.15, 0.2) is 0 Å². The average Bonchev–Trinajstić information content (AvgIpc) is 2.51. The van der Waals surface area contributed by atoms with Crippen molar-refractivity contribution in [3.8, 4) is 0 Å². The van der Waals surface area contributed by atoms with Crippen molar-refractivity contribution in [1.82, 2.24) is 5.32 Å². The fourth-order valence-electron chi connectivity index (χ4n) is 2.70. The minimum Gasteiger partial charge on any atom is -0.394 e. The summed E-state index contributed by atoms with van der Waals surface area (Å²) in [6.45, 7) is 4.11. The molecule has 132 valence electrons. The first-order valence-corrected chi connectivity index (χ1v) is 9.61. The zero-order chi connectivity index (χ0) is 16.5. The second-order valence-electron chi connectivity index (χ2n) is 6.64. The van der Waals surface area contributed by atoms with Crippen LogP contribution in [-0.4, -0.2) is 23.7 Å². The molecule has 0 fully saturated rings. The molecule has 0 aliphatic rings. The highest BCUT2D eigenvalue weighted by atomic mass is 16.3. The average molecular weight is 314 g/mol. The lowest BCUT2D eigenvalue weighted by Crippen LogP contribution is -2.34. The summed E-state index contributed by atoms with van der Waals surface area (Å²) in [6, 6.07) is -0.116. The fraction of sp³-hybridized carbons (Fsp3) is 0.947. The minimum absolute atomic E-state index is 0.0182.